The molecule has 0 spiro atoms. The molecule has 2 heterocycles. The third kappa shape index (κ3) is 7.71. The van der Waals surface area contributed by atoms with Gasteiger partial charge in [-0.1, -0.05) is 0 Å². The molecule has 0 aliphatic carbocycles. The number of hydrogen-bond acceptors (Lipinski definition) is 10. The minimum atomic E-state index is -1.20. The van der Waals surface area contributed by atoms with E-state index in [0.717, 1.165) is 0 Å². The van der Waals surface area contributed by atoms with Crippen LogP contribution in [0.3, 0.4) is 0 Å². The summed E-state index contributed by atoms with van der Waals surface area (Å²) < 4.78 is 22.7. The second kappa shape index (κ2) is 13.1. The third-order valence-electron chi connectivity index (χ3n) is 6.33. The van der Waals surface area contributed by atoms with Gasteiger partial charge in [0.2, 0.25) is 10.9 Å². The summed E-state index contributed by atoms with van der Waals surface area (Å²) in [4.78, 5) is 48.6. The minimum Gasteiger partial charge on any atom is -0.544 e. The molecule has 4 aromatic rings. The Morgan fingerprint density at radius 2 is 1.15 bits per heavy atom. The summed E-state index contributed by atoms with van der Waals surface area (Å²) in [5.41, 5.74) is 0.973. The molecule has 0 saturated carbocycles. The fourth-order valence-corrected chi connectivity index (χ4v) is 4.43. The first-order valence-corrected chi connectivity index (χ1v) is 13.0. The molecule has 0 aliphatic rings. The van der Waals surface area contributed by atoms with Gasteiger partial charge in [-0.3, -0.25) is 9.59 Å². The number of quaternary nitrogens is 2. The summed E-state index contributed by atoms with van der Waals surface area (Å²) >= 11 is 0. The number of nitrogens with one attached hydrogen (secondary N) is 2. The fourth-order valence-electron chi connectivity index (χ4n) is 4.43. The molecule has 0 fully saturated rings. The monoisotopic (exact) mass is 566 g/mol. The van der Waals surface area contributed by atoms with Gasteiger partial charge in [-0.15, -0.1) is 0 Å². The van der Waals surface area contributed by atoms with E-state index in [2.05, 4.69) is 0 Å². The molecule has 12 nitrogen and oxygen atoms in total. The summed E-state index contributed by atoms with van der Waals surface area (Å²) in [6.45, 7) is 0.466. The first-order valence-electron chi connectivity index (χ1n) is 13.0. The number of carbonyl (C=O) groups excluding carboxylic acids is 2. The van der Waals surface area contributed by atoms with E-state index in [4.69, 9.17) is 18.3 Å². The minimum absolute atomic E-state index is 0.174. The van der Waals surface area contributed by atoms with E-state index < -0.39 is 11.9 Å². The largest absolute Gasteiger partial charge is 0.544 e. The van der Waals surface area contributed by atoms with E-state index in [0.29, 0.717) is 74.0 Å². The topological polar surface area (TPSA) is 168 Å². The molecule has 216 valence electrons. The third-order valence-corrected chi connectivity index (χ3v) is 6.33. The molecular formula is C29H30N2O10. The first-order chi connectivity index (χ1) is 19.6. The van der Waals surface area contributed by atoms with Crippen molar-refractivity contribution in [2.24, 2.45) is 0 Å². The van der Waals surface area contributed by atoms with Crippen LogP contribution in [-0.2, 0) is 22.7 Å². The lowest BCUT2D eigenvalue weighted by molar-refractivity contribution is -0.888. The Morgan fingerprint density at radius 3 is 1.54 bits per heavy atom. The molecule has 0 saturated heterocycles. The Labute approximate surface area is 233 Å². The van der Waals surface area contributed by atoms with Crippen LogP contribution in [0, 0.1) is 0 Å². The number of ether oxygens (including phenoxy) is 2. The van der Waals surface area contributed by atoms with Crippen LogP contribution in [0.25, 0.3) is 21.9 Å². The number of likely N-dealkylation sites (N-methyl/N-ethyl adjacent to an activating group) is 2. The van der Waals surface area contributed by atoms with Crippen molar-refractivity contribution in [2.75, 3.05) is 40.4 Å². The quantitative estimate of drug-likeness (QED) is 0.153. The number of carboxylic acid groups (broad SMARTS) is 2. The Balaban J connectivity index is 1.34. The Kier molecular flexibility index (Phi) is 9.37. The lowest BCUT2D eigenvalue weighted by Gasteiger charge is -2.14. The molecule has 0 radical (unpaired) electrons. The first kappa shape index (κ1) is 29.3. The molecule has 2 atom stereocenters. The lowest BCUT2D eigenvalue weighted by Crippen LogP contribution is -3.09. The average Bonchev–Trinajstić information content (AvgIpc) is 2.91. The fraction of sp³-hybridized carbons (Fsp3) is 0.310. The highest BCUT2D eigenvalue weighted by Gasteiger charge is 2.14. The molecule has 0 amide bonds. The second-order valence-corrected chi connectivity index (χ2v) is 9.91. The van der Waals surface area contributed by atoms with Crippen LogP contribution in [0.2, 0.25) is 0 Å². The Morgan fingerprint density at radius 1 is 0.732 bits per heavy atom. The number of hydrogen-bond donors (Lipinski definition) is 2. The van der Waals surface area contributed by atoms with E-state index in [1.54, 1.807) is 50.5 Å². The molecule has 2 aromatic heterocycles. The number of aliphatic carboxylic acids is 2. The number of carboxylic acids is 2. The van der Waals surface area contributed by atoms with Crippen molar-refractivity contribution < 1.29 is 47.9 Å². The maximum atomic E-state index is 12.9. The Bertz CT molecular complexity index is 1550. The number of benzene rings is 2. The summed E-state index contributed by atoms with van der Waals surface area (Å²) in [5, 5.41) is 22.3. The van der Waals surface area contributed by atoms with Gasteiger partial charge in [0.15, 0.2) is 0 Å². The van der Waals surface area contributed by atoms with Crippen LogP contribution in [0.15, 0.2) is 67.3 Å². The highest BCUT2D eigenvalue weighted by Crippen LogP contribution is 2.21. The van der Waals surface area contributed by atoms with Crippen LogP contribution in [0.4, 0.5) is 0 Å². The second-order valence-electron chi connectivity index (χ2n) is 9.91. The number of carbonyl (C=O) groups is 2. The smallest absolute Gasteiger partial charge is 0.201 e. The normalized spacial score (nSPS) is 12.7. The summed E-state index contributed by atoms with van der Waals surface area (Å²) in [6.07, 6.45) is 3.19. The molecule has 4 rings (SSSR count). The van der Waals surface area contributed by atoms with Crippen molar-refractivity contribution >= 4 is 33.9 Å². The van der Waals surface area contributed by atoms with Gasteiger partial charge in [0.1, 0.15) is 61.4 Å². The SMILES string of the molecule is C[NH+](CC(=O)[O-])Cc1coc2ccc(OCCCOc3ccc4occ(C[NH+](C)CC(=O)[O-])c(=O)c4c3)cc2c1=O. The lowest BCUT2D eigenvalue weighted by atomic mass is 10.1. The molecule has 41 heavy (non-hydrogen) atoms. The van der Waals surface area contributed by atoms with E-state index in [1.807, 2.05) is 0 Å². The Hall–Kier alpha value is -4.68. The van der Waals surface area contributed by atoms with E-state index in [1.165, 1.54) is 12.5 Å². The van der Waals surface area contributed by atoms with Gasteiger partial charge in [0, 0.05) is 6.42 Å². The zero-order valence-electron chi connectivity index (χ0n) is 22.7. The van der Waals surface area contributed by atoms with Crippen molar-refractivity contribution in [2.45, 2.75) is 19.5 Å². The van der Waals surface area contributed by atoms with Crippen molar-refractivity contribution in [3.05, 3.63) is 80.5 Å². The number of rotatable bonds is 14. The highest BCUT2D eigenvalue weighted by atomic mass is 16.5. The summed E-state index contributed by atoms with van der Waals surface area (Å²) in [5.74, 6) is -1.47. The van der Waals surface area contributed by atoms with Crippen LogP contribution in [-0.4, -0.2) is 52.3 Å². The highest BCUT2D eigenvalue weighted by molar-refractivity contribution is 5.79. The summed E-state index contributed by atoms with van der Waals surface area (Å²) in [7, 11) is 3.29. The molecule has 2 aromatic carbocycles. The molecule has 0 bridgehead atoms. The van der Waals surface area contributed by atoms with Crippen molar-refractivity contribution in [1.29, 1.82) is 0 Å². The van der Waals surface area contributed by atoms with Crippen LogP contribution in [0.1, 0.15) is 17.5 Å². The molecule has 0 aliphatic heterocycles. The van der Waals surface area contributed by atoms with Gasteiger partial charge >= 0.3 is 0 Å². The van der Waals surface area contributed by atoms with Crippen molar-refractivity contribution in [3.8, 4) is 11.5 Å². The van der Waals surface area contributed by atoms with Gasteiger partial charge in [-0.25, -0.2) is 0 Å². The van der Waals surface area contributed by atoms with E-state index in [9.17, 15) is 29.4 Å². The predicted octanol–water partition coefficient (Wildman–Crippen LogP) is -2.72. The van der Waals surface area contributed by atoms with Crippen LogP contribution >= 0.6 is 0 Å². The molecule has 2 N–H and O–H groups in total. The average molecular weight is 567 g/mol. The molecule has 2 unspecified atom stereocenters. The molecular weight excluding hydrogens is 536 g/mol. The van der Waals surface area contributed by atoms with E-state index >= 15 is 0 Å². The van der Waals surface area contributed by atoms with Gasteiger partial charge in [0.05, 0.1) is 61.1 Å². The molecule has 12 heteroatoms. The van der Waals surface area contributed by atoms with Crippen molar-refractivity contribution in [1.82, 2.24) is 0 Å². The van der Waals surface area contributed by atoms with Crippen molar-refractivity contribution in [3.63, 3.8) is 0 Å². The zero-order chi connectivity index (χ0) is 29.5. The van der Waals surface area contributed by atoms with Gasteiger partial charge < -0.3 is 47.9 Å². The predicted molar refractivity (Wildman–Crippen MR) is 142 cm³/mol. The van der Waals surface area contributed by atoms with Gasteiger partial charge in [-0.05, 0) is 36.4 Å². The van der Waals surface area contributed by atoms with Crippen LogP contribution < -0.4 is 40.3 Å². The number of fused-ring (bicyclic) bond motifs is 2. The van der Waals surface area contributed by atoms with Gasteiger partial charge in [-0.2, -0.15) is 0 Å². The standard InChI is InChI=1S/C29H30N2O10/c1-30(14-26(32)33)12-18-16-40-24-6-4-20(10-22(24)28(18)36)38-8-3-9-39-21-5-7-25-23(11-21)29(37)19(17-41-25)13-31(2)15-27(34)35/h4-7,10-11,16-17H,3,8-9,12-15H2,1-2H3,(H,32,33)(H,34,35). The van der Waals surface area contributed by atoms with Gasteiger partial charge in [0.25, 0.3) is 0 Å². The summed E-state index contributed by atoms with van der Waals surface area (Å²) in [6, 6.07) is 9.82. The van der Waals surface area contributed by atoms with E-state index in [-0.39, 0.29) is 37.0 Å². The van der Waals surface area contributed by atoms with Crippen LogP contribution in [0.5, 0.6) is 11.5 Å². The maximum absolute atomic E-state index is 12.9. The maximum Gasteiger partial charge on any atom is 0.201 e. The zero-order valence-corrected chi connectivity index (χ0v) is 22.7.